The predicted octanol–water partition coefficient (Wildman–Crippen LogP) is 2.47. The number of aromatic hydroxyl groups is 1. The topological polar surface area (TPSA) is 37.3 Å². The van der Waals surface area contributed by atoms with Crippen molar-refractivity contribution in [1.29, 1.82) is 0 Å². The second-order valence-corrected chi connectivity index (χ2v) is 3.30. The number of carbonyl (C=O) groups excluding carboxylic acids is 1. The van der Waals surface area contributed by atoms with Gasteiger partial charge in [-0.15, -0.1) is 0 Å². The first-order valence-corrected chi connectivity index (χ1v) is 4.65. The zero-order valence-corrected chi connectivity index (χ0v) is 8.05. The van der Waals surface area contributed by atoms with Crippen molar-refractivity contribution in [1.82, 2.24) is 0 Å². The van der Waals surface area contributed by atoms with Gasteiger partial charge in [0, 0.05) is 0 Å². The lowest BCUT2D eigenvalue weighted by molar-refractivity contribution is -0.110. The molecule has 2 heteroatoms. The Morgan fingerprint density at radius 3 is 2.13 bits per heavy atom. The molecule has 15 heavy (non-hydrogen) atoms. The number of carbonyl (C=O) groups is 1. The first-order chi connectivity index (χ1) is 7.24. The third-order valence-electron chi connectivity index (χ3n) is 2.11. The lowest BCUT2D eigenvalue weighted by Crippen LogP contribution is -1.90. The minimum Gasteiger partial charge on any atom is -0.508 e. The van der Waals surface area contributed by atoms with E-state index in [1.165, 1.54) is 12.2 Å². The Kier molecular flexibility index (Phi) is 2.50. The highest BCUT2D eigenvalue weighted by atomic mass is 16.3. The van der Waals surface area contributed by atoms with Crippen LogP contribution in [0.3, 0.4) is 0 Å². The van der Waals surface area contributed by atoms with Crippen molar-refractivity contribution in [3.63, 3.8) is 0 Å². The zero-order valence-electron chi connectivity index (χ0n) is 8.05. The van der Waals surface area contributed by atoms with E-state index < -0.39 is 0 Å². The molecule has 2 nitrogen and oxygen atoms in total. The predicted molar refractivity (Wildman–Crippen MR) is 59.4 cm³/mol. The number of hydrogen-bond donors (Lipinski definition) is 1. The molecule has 0 atom stereocenters. The normalized spacial score (nSPS) is 14.4. The van der Waals surface area contributed by atoms with E-state index in [4.69, 9.17) is 5.11 Å². The number of allylic oxidation sites excluding steroid dienone is 5. The lowest BCUT2D eigenvalue weighted by atomic mass is 10.1. The Bertz CT molecular complexity index is 444. The molecule has 1 aliphatic rings. The zero-order chi connectivity index (χ0) is 10.7. The van der Waals surface area contributed by atoms with Gasteiger partial charge in [0.2, 0.25) is 0 Å². The summed E-state index contributed by atoms with van der Waals surface area (Å²) in [6.07, 6.45) is 8.56. The summed E-state index contributed by atoms with van der Waals surface area (Å²) in [5, 5.41) is 9.10. The van der Waals surface area contributed by atoms with Crippen LogP contribution in [0.15, 0.2) is 54.1 Å². The fraction of sp³-hybridized carbons (Fsp3) is 0. The van der Waals surface area contributed by atoms with Crippen molar-refractivity contribution >= 4 is 11.9 Å². The summed E-state index contributed by atoms with van der Waals surface area (Å²) < 4.78 is 0. The van der Waals surface area contributed by atoms with Crippen molar-refractivity contribution in [2.75, 3.05) is 0 Å². The van der Waals surface area contributed by atoms with Crippen LogP contribution in [0.25, 0.3) is 6.08 Å². The highest BCUT2D eigenvalue weighted by Crippen LogP contribution is 2.15. The van der Waals surface area contributed by atoms with Gasteiger partial charge in [-0.25, -0.2) is 0 Å². The third-order valence-corrected chi connectivity index (χ3v) is 2.11. The highest BCUT2D eigenvalue weighted by molar-refractivity contribution is 6.01. The quantitative estimate of drug-likeness (QED) is 0.752. The molecule has 0 heterocycles. The summed E-state index contributed by atoms with van der Waals surface area (Å²) in [6.45, 7) is 0. The van der Waals surface area contributed by atoms with Gasteiger partial charge in [-0.05, 0) is 41.5 Å². The minimum atomic E-state index is 0.0119. The Labute approximate surface area is 87.9 Å². The van der Waals surface area contributed by atoms with Gasteiger partial charge < -0.3 is 5.11 Å². The summed E-state index contributed by atoms with van der Waals surface area (Å²) in [4.78, 5) is 10.9. The molecular weight excluding hydrogens is 188 g/mol. The standard InChI is InChI=1S/C13H10O2/c14-12-5-1-10(2-6-12)9-11-3-7-13(15)8-4-11/h1-9,14H. The van der Waals surface area contributed by atoms with Crippen LogP contribution in [0, 0.1) is 0 Å². The Morgan fingerprint density at radius 2 is 1.53 bits per heavy atom. The number of ketones is 1. The Balaban J connectivity index is 2.24. The second-order valence-electron chi connectivity index (χ2n) is 3.30. The van der Waals surface area contributed by atoms with Gasteiger partial charge in [-0.1, -0.05) is 24.3 Å². The SMILES string of the molecule is O=C1C=CC(=Cc2ccc(O)cc2)C=C1. The van der Waals surface area contributed by atoms with Crippen LogP contribution in [0.5, 0.6) is 5.75 Å². The molecule has 0 unspecified atom stereocenters. The molecule has 0 aromatic heterocycles. The monoisotopic (exact) mass is 198 g/mol. The molecule has 0 aliphatic heterocycles. The molecule has 0 spiro atoms. The van der Waals surface area contributed by atoms with Crippen LogP contribution in [-0.2, 0) is 4.79 Å². The van der Waals surface area contributed by atoms with Crippen molar-refractivity contribution < 1.29 is 9.90 Å². The number of hydrogen-bond acceptors (Lipinski definition) is 2. The maximum atomic E-state index is 10.9. The van der Waals surface area contributed by atoms with Crippen LogP contribution >= 0.6 is 0 Å². The van der Waals surface area contributed by atoms with Crippen LogP contribution in [0.2, 0.25) is 0 Å². The van der Waals surface area contributed by atoms with Gasteiger partial charge in [-0.3, -0.25) is 4.79 Å². The van der Waals surface area contributed by atoms with Crippen molar-refractivity contribution in [2.45, 2.75) is 0 Å². The number of phenolic OH excluding ortho intramolecular Hbond substituents is 1. The molecule has 1 aliphatic carbocycles. The fourth-order valence-corrected chi connectivity index (χ4v) is 1.33. The second kappa shape index (κ2) is 3.96. The van der Waals surface area contributed by atoms with Crippen LogP contribution in [0.4, 0.5) is 0 Å². The van der Waals surface area contributed by atoms with E-state index in [1.54, 1.807) is 24.3 Å². The smallest absolute Gasteiger partial charge is 0.178 e. The summed E-state index contributed by atoms with van der Waals surface area (Å²) in [7, 11) is 0. The molecule has 2 rings (SSSR count). The molecule has 74 valence electrons. The highest BCUT2D eigenvalue weighted by Gasteiger charge is 1.98. The van der Waals surface area contributed by atoms with Gasteiger partial charge >= 0.3 is 0 Å². The largest absolute Gasteiger partial charge is 0.508 e. The van der Waals surface area contributed by atoms with Crippen LogP contribution in [0.1, 0.15) is 5.56 Å². The molecule has 0 fully saturated rings. The molecule has 1 aromatic carbocycles. The lowest BCUT2D eigenvalue weighted by Gasteiger charge is -2.00. The van der Waals surface area contributed by atoms with Gasteiger partial charge in [-0.2, -0.15) is 0 Å². The van der Waals surface area contributed by atoms with Crippen molar-refractivity contribution in [2.24, 2.45) is 0 Å². The number of rotatable bonds is 1. The average molecular weight is 198 g/mol. The molecule has 0 radical (unpaired) electrons. The van der Waals surface area contributed by atoms with E-state index in [-0.39, 0.29) is 11.5 Å². The first kappa shape index (κ1) is 9.46. The van der Waals surface area contributed by atoms with Crippen LogP contribution in [-0.4, -0.2) is 10.9 Å². The molecule has 0 saturated carbocycles. The van der Waals surface area contributed by atoms with Gasteiger partial charge in [0.05, 0.1) is 0 Å². The van der Waals surface area contributed by atoms with Crippen LogP contribution < -0.4 is 0 Å². The van der Waals surface area contributed by atoms with Crippen molar-refractivity contribution in [3.05, 3.63) is 59.7 Å². The average Bonchev–Trinajstić information content (AvgIpc) is 2.25. The number of benzene rings is 1. The Morgan fingerprint density at radius 1 is 0.933 bits per heavy atom. The number of phenols is 1. The molecule has 1 aromatic rings. The van der Waals surface area contributed by atoms with Gasteiger partial charge in [0.25, 0.3) is 0 Å². The van der Waals surface area contributed by atoms with Gasteiger partial charge in [0.15, 0.2) is 5.78 Å². The maximum absolute atomic E-state index is 10.9. The molecule has 0 saturated heterocycles. The summed E-state index contributed by atoms with van der Waals surface area (Å²) in [5.41, 5.74) is 1.96. The van der Waals surface area contributed by atoms with E-state index in [1.807, 2.05) is 18.2 Å². The molecule has 0 amide bonds. The maximum Gasteiger partial charge on any atom is 0.178 e. The first-order valence-electron chi connectivity index (χ1n) is 4.65. The van der Waals surface area contributed by atoms with E-state index >= 15 is 0 Å². The fourth-order valence-electron chi connectivity index (χ4n) is 1.33. The van der Waals surface area contributed by atoms with E-state index in [0.29, 0.717) is 0 Å². The van der Waals surface area contributed by atoms with E-state index in [0.717, 1.165) is 11.1 Å². The van der Waals surface area contributed by atoms with Gasteiger partial charge in [0.1, 0.15) is 5.75 Å². The van der Waals surface area contributed by atoms with Crippen molar-refractivity contribution in [3.8, 4) is 5.75 Å². The Hall–Kier alpha value is -2.09. The molecular formula is C13H10O2. The summed E-state index contributed by atoms with van der Waals surface area (Å²) in [6, 6.07) is 6.91. The van der Waals surface area contributed by atoms with E-state index in [9.17, 15) is 4.79 Å². The molecule has 0 bridgehead atoms. The van der Waals surface area contributed by atoms with E-state index in [2.05, 4.69) is 0 Å². The minimum absolute atomic E-state index is 0.0119. The third kappa shape index (κ3) is 2.44. The summed E-state index contributed by atoms with van der Waals surface area (Å²) in [5.74, 6) is 0.264. The summed E-state index contributed by atoms with van der Waals surface area (Å²) >= 11 is 0. The molecule has 1 N–H and O–H groups in total.